The molecule has 166 valence electrons. The number of pyridine rings is 1. The molecule has 0 spiro atoms. The van der Waals surface area contributed by atoms with Gasteiger partial charge in [-0.05, 0) is 29.8 Å². The summed E-state index contributed by atoms with van der Waals surface area (Å²) in [5.41, 5.74) is 0.0120. The molecular formula is C20H12Cl2F3N3O3S. The number of alkyl halides is 3. The minimum absolute atomic E-state index is 0.0384. The highest BCUT2D eigenvalue weighted by Gasteiger charge is 2.31. The zero-order chi connectivity index (χ0) is 23.5. The summed E-state index contributed by atoms with van der Waals surface area (Å²) < 4.78 is 38.1. The van der Waals surface area contributed by atoms with Crippen LogP contribution >= 0.6 is 35.0 Å². The van der Waals surface area contributed by atoms with Crippen LogP contribution in [0.3, 0.4) is 0 Å². The number of rotatable bonds is 6. The van der Waals surface area contributed by atoms with Gasteiger partial charge in [-0.25, -0.2) is 4.98 Å². The molecule has 0 saturated heterocycles. The fourth-order valence-corrected chi connectivity index (χ4v) is 3.88. The quantitative estimate of drug-likeness (QED) is 0.226. The predicted molar refractivity (Wildman–Crippen MR) is 116 cm³/mol. The van der Waals surface area contributed by atoms with Crippen LogP contribution in [0.1, 0.15) is 21.5 Å². The van der Waals surface area contributed by atoms with Crippen LogP contribution < -0.4 is 5.32 Å². The number of thioether (sulfide) groups is 1. The molecule has 0 aliphatic heterocycles. The van der Waals surface area contributed by atoms with Crippen LogP contribution in [0.15, 0.2) is 59.8 Å². The molecule has 0 atom stereocenters. The lowest BCUT2D eigenvalue weighted by Crippen LogP contribution is -2.12. The van der Waals surface area contributed by atoms with Gasteiger partial charge >= 0.3 is 6.18 Å². The van der Waals surface area contributed by atoms with E-state index in [1.807, 2.05) is 0 Å². The summed E-state index contributed by atoms with van der Waals surface area (Å²) in [7, 11) is 0. The van der Waals surface area contributed by atoms with Crippen LogP contribution in [-0.2, 0) is 11.9 Å². The van der Waals surface area contributed by atoms with E-state index in [0.717, 1.165) is 35.7 Å². The van der Waals surface area contributed by atoms with E-state index in [2.05, 4.69) is 10.3 Å². The maximum atomic E-state index is 12.7. The Morgan fingerprint density at radius 3 is 2.38 bits per heavy atom. The molecule has 0 fully saturated rings. The Kier molecular flexibility index (Phi) is 7.27. The summed E-state index contributed by atoms with van der Waals surface area (Å²) >= 11 is 13.0. The summed E-state index contributed by atoms with van der Waals surface area (Å²) in [5, 5.41) is 13.7. The third-order valence-corrected chi connectivity index (χ3v) is 5.93. The van der Waals surface area contributed by atoms with E-state index >= 15 is 0 Å². The number of hydrogen-bond donors (Lipinski definition) is 1. The molecule has 1 heterocycles. The molecular weight excluding hydrogens is 490 g/mol. The number of amides is 1. The van der Waals surface area contributed by atoms with Gasteiger partial charge in [-0.1, -0.05) is 35.3 Å². The van der Waals surface area contributed by atoms with Gasteiger partial charge < -0.3 is 5.32 Å². The average molecular weight is 502 g/mol. The van der Waals surface area contributed by atoms with Crippen molar-refractivity contribution in [3.63, 3.8) is 0 Å². The van der Waals surface area contributed by atoms with E-state index in [4.69, 9.17) is 23.2 Å². The normalized spacial score (nSPS) is 11.3. The lowest BCUT2D eigenvalue weighted by atomic mass is 10.1. The van der Waals surface area contributed by atoms with Gasteiger partial charge in [0.1, 0.15) is 5.03 Å². The number of carbonyl (C=O) groups excluding carboxylic acids is 1. The van der Waals surface area contributed by atoms with Crippen molar-refractivity contribution in [2.24, 2.45) is 0 Å². The SMILES string of the molecule is O=C(Nc1ccc(CSc2ncc(C(F)(F)F)cc2Cl)cc1)c1cc([N+](=O)[O-])ccc1Cl. The van der Waals surface area contributed by atoms with E-state index < -0.39 is 22.6 Å². The Morgan fingerprint density at radius 1 is 1.09 bits per heavy atom. The first kappa shape index (κ1) is 23.8. The lowest BCUT2D eigenvalue weighted by Gasteiger charge is -2.10. The molecule has 6 nitrogen and oxygen atoms in total. The van der Waals surface area contributed by atoms with Crippen molar-refractivity contribution in [1.29, 1.82) is 0 Å². The van der Waals surface area contributed by atoms with Gasteiger partial charge in [0.05, 0.1) is 26.1 Å². The predicted octanol–water partition coefficient (Wildman–Crippen LogP) is 6.86. The Balaban J connectivity index is 1.64. The van der Waals surface area contributed by atoms with Crippen molar-refractivity contribution < 1.29 is 22.9 Å². The van der Waals surface area contributed by atoms with E-state index in [1.165, 1.54) is 12.1 Å². The number of aromatic nitrogens is 1. The number of nitrogens with one attached hydrogen (secondary N) is 1. The van der Waals surface area contributed by atoms with Crippen molar-refractivity contribution >= 4 is 52.2 Å². The second-order valence-electron chi connectivity index (χ2n) is 6.37. The highest BCUT2D eigenvalue weighted by Crippen LogP contribution is 2.34. The van der Waals surface area contributed by atoms with Crippen molar-refractivity contribution in [1.82, 2.24) is 4.98 Å². The highest BCUT2D eigenvalue weighted by atomic mass is 35.5. The molecule has 32 heavy (non-hydrogen) atoms. The molecule has 0 radical (unpaired) electrons. The smallest absolute Gasteiger partial charge is 0.322 e. The monoisotopic (exact) mass is 501 g/mol. The standard InChI is InChI=1S/C20H12Cl2F3N3O3S/c21-16-6-5-14(28(30)31)8-15(16)18(29)27-13-3-1-11(2-4-13)10-32-19-17(22)7-12(9-26-19)20(23,24)25/h1-9H,10H2,(H,27,29). The fraction of sp³-hybridized carbons (Fsp3) is 0.100. The second kappa shape index (κ2) is 9.76. The molecule has 1 amide bonds. The van der Waals surface area contributed by atoms with Crippen molar-refractivity contribution in [3.05, 3.63) is 91.6 Å². The molecule has 2 aromatic carbocycles. The largest absolute Gasteiger partial charge is 0.417 e. The van der Waals surface area contributed by atoms with Crippen molar-refractivity contribution in [2.45, 2.75) is 17.0 Å². The summed E-state index contributed by atoms with van der Waals surface area (Å²) in [6.07, 6.45) is -3.79. The van der Waals surface area contributed by atoms with Crippen LogP contribution in [0.4, 0.5) is 24.5 Å². The van der Waals surface area contributed by atoms with Gasteiger partial charge in [-0.2, -0.15) is 13.2 Å². The number of non-ortho nitro benzene ring substituents is 1. The van der Waals surface area contributed by atoms with Crippen LogP contribution in [0.2, 0.25) is 10.0 Å². The van der Waals surface area contributed by atoms with Gasteiger partial charge in [-0.15, -0.1) is 11.8 Å². The Bertz CT molecular complexity index is 1170. The summed E-state index contributed by atoms with van der Waals surface area (Å²) in [6, 6.07) is 11.0. The molecule has 3 aromatic rings. The van der Waals surface area contributed by atoms with E-state index in [0.29, 0.717) is 11.4 Å². The van der Waals surface area contributed by atoms with E-state index in [-0.39, 0.29) is 26.3 Å². The first-order valence-electron chi connectivity index (χ1n) is 8.74. The molecule has 0 unspecified atom stereocenters. The number of nitro benzene ring substituents is 1. The summed E-state index contributed by atoms with van der Waals surface area (Å²) in [5.74, 6) is -0.232. The topological polar surface area (TPSA) is 85.1 Å². The minimum atomic E-state index is -4.52. The zero-order valence-corrected chi connectivity index (χ0v) is 18.1. The minimum Gasteiger partial charge on any atom is -0.322 e. The van der Waals surface area contributed by atoms with Gasteiger partial charge in [-0.3, -0.25) is 14.9 Å². The summed E-state index contributed by atoms with van der Waals surface area (Å²) in [6.45, 7) is 0. The Hall–Kier alpha value is -2.82. The Morgan fingerprint density at radius 2 is 1.78 bits per heavy atom. The van der Waals surface area contributed by atoms with Gasteiger partial charge in [0.25, 0.3) is 11.6 Å². The maximum Gasteiger partial charge on any atom is 0.417 e. The number of halogens is 5. The summed E-state index contributed by atoms with van der Waals surface area (Å²) in [4.78, 5) is 26.5. The van der Waals surface area contributed by atoms with Gasteiger partial charge in [0, 0.05) is 29.8 Å². The third kappa shape index (κ3) is 5.90. The Labute approximate surface area is 193 Å². The lowest BCUT2D eigenvalue weighted by molar-refractivity contribution is -0.384. The highest BCUT2D eigenvalue weighted by molar-refractivity contribution is 7.98. The molecule has 3 rings (SSSR count). The van der Waals surface area contributed by atoms with E-state index in [1.54, 1.807) is 24.3 Å². The zero-order valence-electron chi connectivity index (χ0n) is 15.8. The molecule has 1 aromatic heterocycles. The number of nitro groups is 1. The first-order chi connectivity index (χ1) is 15.0. The van der Waals surface area contributed by atoms with Gasteiger partial charge in [0.15, 0.2) is 0 Å². The first-order valence-corrected chi connectivity index (χ1v) is 10.5. The third-order valence-electron chi connectivity index (χ3n) is 4.13. The number of nitrogens with zero attached hydrogens (tertiary/aromatic N) is 2. The number of anilines is 1. The van der Waals surface area contributed by atoms with Crippen molar-refractivity contribution in [2.75, 3.05) is 5.32 Å². The molecule has 0 aliphatic carbocycles. The number of benzene rings is 2. The molecule has 12 heteroatoms. The molecule has 0 saturated carbocycles. The molecule has 0 aliphatic rings. The van der Waals surface area contributed by atoms with Crippen LogP contribution in [0.25, 0.3) is 0 Å². The fourth-order valence-electron chi connectivity index (χ4n) is 2.52. The second-order valence-corrected chi connectivity index (χ2v) is 8.15. The van der Waals surface area contributed by atoms with E-state index in [9.17, 15) is 28.1 Å². The van der Waals surface area contributed by atoms with Crippen LogP contribution in [0, 0.1) is 10.1 Å². The van der Waals surface area contributed by atoms with Crippen LogP contribution in [0.5, 0.6) is 0 Å². The average Bonchev–Trinajstić information content (AvgIpc) is 2.73. The maximum absolute atomic E-state index is 12.7. The van der Waals surface area contributed by atoms with Gasteiger partial charge in [0.2, 0.25) is 0 Å². The van der Waals surface area contributed by atoms with Crippen LogP contribution in [-0.4, -0.2) is 15.8 Å². The molecule has 1 N–H and O–H groups in total. The van der Waals surface area contributed by atoms with Crippen molar-refractivity contribution in [3.8, 4) is 0 Å². The number of hydrogen-bond acceptors (Lipinski definition) is 5. The number of carbonyl (C=O) groups is 1. The molecule has 0 bridgehead atoms.